The van der Waals surface area contributed by atoms with Gasteiger partial charge >= 0.3 is 0 Å². The van der Waals surface area contributed by atoms with Crippen LogP contribution < -0.4 is 0 Å². The van der Waals surface area contributed by atoms with Gasteiger partial charge in [-0.25, -0.2) is 0 Å². The number of halogens is 1. The summed E-state index contributed by atoms with van der Waals surface area (Å²) in [4.78, 5) is 2.30. The van der Waals surface area contributed by atoms with Gasteiger partial charge in [-0.05, 0) is 49.9 Å². The molecule has 0 spiro atoms. The van der Waals surface area contributed by atoms with E-state index in [0.717, 1.165) is 37.9 Å². The van der Waals surface area contributed by atoms with E-state index in [1.165, 1.54) is 0 Å². The Hall–Kier alpha value is -1.43. The summed E-state index contributed by atoms with van der Waals surface area (Å²) in [6, 6.07) is 7.45. The molecule has 23 heavy (non-hydrogen) atoms. The zero-order valence-electron chi connectivity index (χ0n) is 13.3. The quantitative estimate of drug-likeness (QED) is 0.907. The Bertz CT molecular complexity index is 645. The molecular weight excluding hydrogens is 314 g/mol. The number of aliphatic hydroxyl groups excluding tert-OH is 1. The van der Waals surface area contributed by atoms with E-state index in [-0.39, 0.29) is 12.0 Å². The van der Waals surface area contributed by atoms with Crippen molar-refractivity contribution < 1.29 is 9.52 Å². The van der Waals surface area contributed by atoms with E-state index in [9.17, 15) is 5.11 Å². The van der Waals surface area contributed by atoms with Crippen LogP contribution in [-0.2, 0) is 6.54 Å². The Morgan fingerprint density at radius 1 is 1.26 bits per heavy atom. The van der Waals surface area contributed by atoms with Gasteiger partial charge in [-0.2, -0.15) is 0 Å². The zero-order valence-corrected chi connectivity index (χ0v) is 14.1. The molecule has 0 unspecified atom stereocenters. The smallest absolute Gasteiger partial charge is 0.249 e. The van der Waals surface area contributed by atoms with Crippen molar-refractivity contribution in [3.05, 3.63) is 35.2 Å². The van der Waals surface area contributed by atoms with Gasteiger partial charge < -0.3 is 9.52 Å². The van der Waals surface area contributed by atoms with Crippen molar-refractivity contribution in [1.29, 1.82) is 0 Å². The summed E-state index contributed by atoms with van der Waals surface area (Å²) in [5.41, 5.74) is 0.852. The largest absolute Gasteiger partial charge is 0.419 e. The van der Waals surface area contributed by atoms with E-state index in [2.05, 4.69) is 22.0 Å². The monoisotopic (exact) mass is 335 g/mol. The zero-order chi connectivity index (χ0) is 16.3. The third-order valence-electron chi connectivity index (χ3n) is 4.93. The molecule has 1 aliphatic rings. The highest BCUT2D eigenvalue weighted by Gasteiger charge is 2.32. The average Bonchev–Trinajstić information content (AvgIpc) is 3.04. The molecule has 0 saturated carbocycles. The Kier molecular flexibility index (Phi) is 4.99. The van der Waals surface area contributed by atoms with Crippen molar-refractivity contribution in [2.75, 3.05) is 19.7 Å². The highest BCUT2D eigenvalue weighted by molar-refractivity contribution is 6.33. The number of aromatic nitrogens is 2. The number of hydrogen-bond acceptors (Lipinski definition) is 5. The predicted octanol–water partition coefficient (Wildman–Crippen LogP) is 3.37. The third-order valence-corrected chi connectivity index (χ3v) is 5.26. The van der Waals surface area contributed by atoms with Crippen LogP contribution >= 0.6 is 11.6 Å². The first kappa shape index (κ1) is 16.4. The maximum atomic E-state index is 9.60. The molecule has 124 valence electrons. The van der Waals surface area contributed by atoms with E-state index in [4.69, 9.17) is 16.0 Å². The van der Waals surface area contributed by atoms with Crippen LogP contribution in [0.5, 0.6) is 0 Å². The van der Waals surface area contributed by atoms with Crippen LogP contribution in [0.25, 0.3) is 11.5 Å². The van der Waals surface area contributed by atoms with Crippen molar-refractivity contribution in [2.45, 2.75) is 32.7 Å². The van der Waals surface area contributed by atoms with E-state index >= 15 is 0 Å². The lowest BCUT2D eigenvalue weighted by atomic mass is 9.77. The number of piperidine rings is 1. The highest BCUT2D eigenvalue weighted by Crippen LogP contribution is 2.34. The molecule has 0 bridgehead atoms. The molecule has 1 aliphatic heterocycles. The fraction of sp³-hybridized carbons (Fsp3) is 0.529. The van der Waals surface area contributed by atoms with Crippen molar-refractivity contribution in [3.63, 3.8) is 0 Å². The SMILES string of the molecule is CCC1(CO)CCN(Cc2nnc(-c3ccccc3Cl)o2)CC1. The first-order valence-electron chi connectivity index (χ1n) is 8.06. The summed E-state index contributed by atoms with van der Waals surface area (Å²) < 4.78 is 5.76. The van der Waals surface area contributed by atoms with Crippen LogP contribution in [0, 0.1) is 5.41 Å². The fourth-order valence-corrected chi connectivity index (χ4v) is 3.28. The summed E-state index contributed by atoms with van der Waals surface area (Å²) >= 11 is 6.16. The molecule has 1 N–H and O–H groups in total. The molecule has 3 rings (SSSR count). The molecule has 6 heteroatoms. The minimum absolute atomic E-state index is 0.0913. The number of benzene rings is 1. The van der Waals surface area contributed by atoms with Gasteiger partial charge in [0.05, 0.1) is 17.1 Å². The summed E-state index contributed by atoms with van der Waals surface area (Å²) in [6.45, 7) is 4.95. The minimum atomic E-state index is 0.0913. The Morgan fingerprint density at radius 3 is 2.65 bits per heavy atom. The van der Waals surface area contributed by atoms with Gasteiger partial charge in [-0.15, -0.1) is 10.2 Å². The maximum Gasteiger partial charge on any atom is 0.249 e. The van der Waals surface area contributed by atoms with E-state index in [1.807, 2.05) is 24.3 Å². The van der Waals surface area contributed by atoms with E-state index in [0.29, 0.717) is 23.3 Å². The molecule has 2 heterocycles. The third kappa shape index (κ3) is 3.57. The number of nitrogens with zero attached hydrogens (tertiary/aromatic N) is 3. The first-order chi connectivity index (χ1) is 11.2. The van der Waals surface area contributed by atoms with Crippen molar-refractivity contribution in [1.82, 2.24) is 15.1 Å². The number of hydrogen-bond donors (Lipinski definition) is 1. The molecule has 1 saturated heterocycles. The minimum Gasteiger partial charge on any atom is -0.419 e. The van der Waals surface area contributed by atoms with Crippen LogP contribution in [0.3, 0.4) is 0 Å². The number of rotatable bonds is 5. The lowest BCUT2D eigenvalue weighted by Gasteiger charge is -2.39. The molecule has 1 aromatic heterocycles. The first-order valence-corrected chi connectivity index (χ1v) is 8.44. The lowest BCUT2D eigenvalue weighted by Crippen LogP contribution is -2.41. The second-order valence-corrected chi connectivity index (χ2v) is 6.68. The Balaban J connectivity index is 1.64. The lowest BCUT2D eigenvalue weighted by molar-refractivity contribution is 0.0355. The Morgan fingerprint density at radius 2 is 2.00 bits per heavy atom. The van der Waals surface area contributed by atoms with Gasteiger partial charge in [-0.3, -0.25) is 4.90 Å². The van der Waals surface area contributed by atoms with Gasteiger partial charge in [-0.1, -0.05) is 30.7 Å². The second-order valence-electron chi connectivity index (χ2n) is 6.27. The summed E-state index contributed by atoms with van der Waals surface area (Å²) in [7, 11) is 0. The van der Waals surface area contributed by atoms with Crippen LogP contribution in [0.1, 0.15) is 32.1 Å². The number of likely N-dealkylation sites (tertiary alicyclic amines) is 1. The van der Waals surface area contributed by atoms with Gasteiger partial charge in [0.1, 0.15) is 0 Å². The summed E-state index contributed by atoms with van der Waals surface area (Å²) in [6.07, 6.45) is 3.03. The molecule has 0 aliphatic carbocycles. The predicted molar refractivity (Wildman–Crippen MR) is 89.1 cm³/mol. The Labute approximate surface area is 141 Å². The van der Waals surface area contributed by atoms with Crippen LogP contribution in [0.2, 0.25) is 5.02 Å². The van der Waals surface area contributed by atoms with Crippen LogP contribution in [0.15, 0.2) is 28.7 Å². The molecule has 2 aromatic rings. The summed E-state index contributed by atoms with van der Waals surface area (Å²) in [5.74, 6) is 1.06. The fourth-order valence-electron chi connectivity index (χ4n) is 3.06. The molecule has 0 atom stereocenters. The van der Waals surface area contributed by atoms with Crippen LogP contribution in [-0.4, -0.2) is 39.9 Å². The standard InChI is InChI=1S/C17H22ClN3O2/c1-2-17(12-22)7-9-21(10-8-17)11-15-19-20-16(23-15)13-5-3-4-6-14(13)18/h3-6,22H,2,7-12H2,1H3. The van der Waals surface area contributed by atoms with Gasteiger partial charge in [0.25, 0.3) is 0 Å². The van der Waals surface area contributed by atoms with Crippen molar-refractivity contribution >= 4 is 11.6 Å². The van der Waals surface area contributed by atoms with Gasteiger partial charge in [0.15, 0.2) is 0 Å². The van der Waals surface area contributed by atoms with Crippen LogP contribution in [0.4, 0.5) is 0 Å². The van der Waals surface area contributed by atoms with E-state index in [1.54, 1.807) is 0 Å². The normalized spacial score (nSPS) is 18.2. The number of aliphatic hydroxyl groups is 1. The molecule has 1 aromatic carbocycles. The molecule has 0 amide bonds. The second kappa shape index (κ2) is 6.99. The highest BCUT2D eigenvalue weighted by atomic mass is 35.5. The average molecular weight is 336 g/mol. The molecule has 0 radical (unpaired) electrons. The summed E-state index contributed by atoms with van der Waals surface area (Å²) in [5, 5.41) is 18.5. The van der Waals surface area contributed by atoms with E-state index < -0.39 is 0 Å². The van der Waals surface area contributed by atoms with Crippen molar-refractivity contribution in [2.24, 2.45) is 5.41 Å². The maximum absolute atomic E-state index is 9.60. The molecule has 1 fully saturated rings. The molecule has 5 nitrogen and oxygen atoms in total. The van der Waals surface area contributed by atoms with Crippen molar-refractivity contribution in [3.8, 4) is 11.5 Å². The topological polar surface area (TPSA) is 62.4 Å². The van der Waals surface area contributed by atoms with Gasteiger partial charge in [0, 0.05) is 6.61 Å². The van der Waals surface area contributed by atoms with Gasteiger partial charge in [0.2, 0.25) is 11.8 Å². The molecular formula is C17H22ClN3O2.